The first kappa shape index (κ1) is 31.1. The Labute approximate surface area is 229 Å². The van der Waals surface area contributed by atoms with Crippen molar-refractivity contribution in [2.75, 3.05) is 52.8 Å². The maximum Gasteiger partial charge on any atom is 0.410 e. The van der Waals surface area contributed by atoms with E-state index in [9.17, 15) is 4.79 Å². The number of hydrogen-bond donors (Lipinski definition) is 0. The van der Waals surface area contributed by atoms with Crippen LogP contribution in [0.15, 0.2) is 47.6 Å². The molecule has 0 aliphatic heterocycles. The Balaban J connectivity index is 2.10. The molecule has 0 aliphatic carbocycles. The minimum atomic E-state index is -0.513. The van der Waals surface area contributed by atoms with Crippen molar-refractivity contribution < 1.29 is 14.3 Å². The number of aliphatic imine (C=N–C) groups is 1. The van der Waals surface area contributed by atoms with Crippen molar-refractivity contribution in [2.45, 2.75) is 65.0 Å². The number of benzene rings is 1. The van der Waals surface area contributed by atoms with Gasteiger partial charge in [0.1, 0.15) is 11.4 Å². The van der Waals surface area contributed by atoms with Gasteiger partial charge < -0.3 is 24.2 Å². The number of ether oxygens (including phenoxy) is 2. The highest BCUT2D eigenvalue weighted by Crippen LogP contribution is 2.28. The number of unbranched alkanes of at least 4 members (excludes halogenated alkanes) is 3. The normalized spacial score (nSPS) is 11.7. The van der Waals surface area contributed by atoms with Crippen LogP contribution in [0.5, 0.6) is 5.75 Å². The first-order valence-electron chi connectivity index (χ1n) is 13.5. The Kier molecular flexibility index (Phi) is 13.1. The van der Waals surface area contributed by atoms with Crippen LogP contribution in [-0.2, 0) is 11.3 Å². The second-order valence-electron chi connectivity index (χ2n) is 10.8. The molecule has 0 unspecified atom stereocenters. The molecule has 8 heteroatoms. The van der Waals surface area contributed by atoms with E-state index in [1.54, 1.807) is 25.3 Å². The summed E-state index contributed by atoms with van der Waals surface area (Å²) in [4.78, 5) is 27.9. The number of amides is 1. The summed E-state index contributed by atoms with van der Waals surface area (Å²) in [6.07, 6.45) is 8.68. The lowest BCUT2D eigenvalue weighted by atomic mass is 10.1. The predicted octanol–water partition coefficient (Wildman–Crippen LogP) is 6.18. The van der Waals surface area contributed by atoms with Crippen LogP contribution in [0.4, 0.5) is 16.3 Å². The van der Waals surface area contributed by atoms with Gasteiger partial charge in [-0.3, -0.25) is 0 Å². The fraction of sp³-hybridized carbons (Fsp3) is 0.567. The lowest BCUT2D eigenvalue weighted by molar-refractivity contribution is 0.0298. The minimum absolute atomic E-state index is 0.309. The number of carbonyl (C=O) groups excluding carboxylic acids is 1. The van der Waals surface area contributed by atoms with Gasteiger partial charge in [0.05, 0.1) is 12.8 Å². The molecule has 38 heavy (non-hydrogen) atoms. The van der Waals surface area contributed by atoms with Crippen LogP contribution >= 0.6 is 0 Å². The van der Waals surface area contributed by atoms with Crippen molar-refractivity contribution in [3.8, 4) is 5.75 Å². The van der Waals surface area contributed by atoms with Gasteiger partial charge in [-0.25, -0.2) is 14.8 Å². The number of methoxy groups -OCH3 is 1. The number of aromatic nitrogens is 1. The van der Waals surface area contributed by atoms with E-state index < -0.39 is 5.60 Å². The molecular formula is C30H47N5O3. The van der Waals surface area contributed by atoms with E-state index in [0.717, 1.165) is 55.2 Å². The average molecular weight is 526 g/mol. The van der Waals surface area contributed by atoms with E-state index >= 15 is 0 Å². The van der Waals surface area contributed by atoms with Gasteiger partial charge in [-0.15, -0.1) is 0 Å². The molecule has 2 rings (SSSR count). The van der Waals surface area contributed by atoms with E-state index in [2.05, 4.69) is 47.1 Å². The van der Waals surface area contributed by atoms with Crippen molar-refractivity contribution in [3.63, 3.8) is 0 Å². The number of rotatable bonds is 15. The molecule has 0 saturated heterocycles. The molecule has 0 fully saturated rings. The van der Waals surface area contributed by atoms with Gasteiger partial charge in [0.2, 0.25) is 0 Å². The van der Waals surface area contributed by atoms with Gasteiger partial charge in [-0.2, -0.15) is 0 Å². The van der Waals surface area contributed by atoms with E-state index in [4.69, 9.17) is 14.5 Å². The van der Waals surface area contributed by atoms with Gasteiger partial charge in [0, 0.05) is 39.1 Å². The van der Waals surface area contributed by atoms with Crippen LogP contribution in [0.25, 0.3) is 0 Å². The van der Waals surface area contributed by atoms with E-state index in [1.807, 2.05) is 45.2 Å². The number of hydrogen-bond acceptors (Lipinski definition) is 7. The molecule has 0 aliphatic rings. The molecule has 0 bridgehead atoms. The summed E-state index contributed by atoms with van der Waals surface area (Å²) in [7, 11) is 7.67. The third kappa shape index (κ3) is 11.9. The SMILES string of the molecule is COc1ccc(CN(CCCN(C)C(=O)OC(C)(C)C)c2cccnc2/N=C/CCCCCN(C)C)cc1. The lowest BCUT2D eigenvalue weighted by Crippen LogP contribution is -2.36. The predicted molar refractivity (Wildman–Crippen MR) is 157 cm³/mol. The van der Waals surface area contributed by atoms with E-state index in [-0.39, 0.29) is 6.09 Å². The molecule has 1 aromatic heterocycles. The molecule has 1 aromatic carbocycles. The van der Waals surface area contributed by atoms with Gasteiger partial charge in [-0.1, -0.05) is 18.6 Å². The van der Waals surface area contributed by atoms with E-state index in [0.29, 0.717) is 13.1 Å². The Morgan fingerprint density at radius 1 is 0.974 bits per heavy atom. The maximum atomic E-state index is 12.4. The molecule has 0 spiro atoms. The molecular weight excluding hydrogens is 478 g/mol. The molecule has 8 nitrogen and oxygen atoms in total. The van der Waals surface area contributed by atoms with Gasteiger partial charge in [0.25, 0.3) is 0 Å². The zero-order chi connectivity index (χ0) is 28.0. The van der Waals surface area contributed by atoms with Crippen LogP contribution in [-0.4, -0.2) is 80.6 Å². The molecule has 0 saturated carbocycles. The second-order valence-corrected chi connectivity index (χ2v) is 10.8. The Bertz CT molecular complexity index is 986. The number of carbonyl (C=O) groups is 1. The van der Waals surface area contributed by atoms with Crippen LogP contribution in [0.3, 0.4) is 0 Å². The molecule has 210 valence electrons. The molecule has 2 aromatic rings. The number of pyridine rings is 1. The highest BCUT2D eigenvalue weighted by Gasteiger charge is 2.20. The van der Waals surface area contributed by atoms with Crippen LogP contribution in [0, 0.1) is 0 Å². The second kappa shape index (κ2) is 16.0. The highest BCUT2D eigenvalue weighted by molar-refractivity contribution is 5.70. The van der Waals surface area contributed by atoms with E-state index in [1.165, 1.54) is 12.8 Å². The van der Waals surface area contributed by atoms with Crippen molar-refractivity contribution >= 4 is 23.8 Å². The van der Waals surface area contributed by atoms with Crippen molar-refractivity contribution in [1.29, 1.82) is 0 Å². The van der Waals surface area contributed by atoms with Gasteiger partial charge in [-0.05, 0) is 96.9 Å². The Morgan fingerprint density at radius 2 is 1.71 bits per heavy atom. The quantitative estimate of drug-likeness (QED) is 0.204. The van der Waals surface area contributed by atoms with Crippen molar-refractivity contribution in [2.24, 2.45) is 4.99 Å². The Hall–Kier alpha value is -3.13. The smallest absolute Gasteiger partial charge is 0.410 e. The molecule has 1 heterocycles. The van der Waals surface area contributed by atoms with Crippen molar-refractivity contribution in [3.05, 3.63) is 48.2 Å². The van der Waals surface area contributed by atoms with Gasteiger partial charge in [0.15, 0.2) is 5.82 Å². The monoisotopic (exact) mass is 525 g/mol. The first-order valence-corrected chi connectivity index (χ1v) is 13.5. The Morgan fingerprint density at radius 3 is 2.37 bits per heavy atom. The molecule has 1 amide bonds. The zero-order valence-electron chi connectivity index (χ0n) is 24.4. The molecule has 0 radical (unpaired) electrons. The maximum absolute atomic E-state index is 12.4. The lowest BCUT2D eigenvalue weighted by Gasteiger charge is -2.28. The van der Waals surface area contributed by atoms with Crippen LogP contribution in [0.1, 0.15) is 58.4 Å². The first-order chi connectivity index (χ1) is 18.1. The fourth-order valence-electron chi connectivity index (χ4n) is 3.89. The minimum Gasteiger partial charge on any atom is -0.497 e. The summed E-state index contributed by atoms with van der Waals surface area (Å²) in [5.41, 5.74) is 1.62. The highest BCUT2D eigenvalue weighted by atomic mass is 16.6. The molecule has 0 N–H and O–H groups in total. The summed E-state index contributed by atoms with van der Waals surface area (Å²) in [5.74, 6) is 1.55. The number of anilines is 1. The largest absolute Gasteiger partial charge is 0.497 e. The average Bonchev–Trinajstić information content (AvgIpc) is 2.87. The summed E-state index contributed by atoms with van der Waals surface area (Å²) in [5, 5.41) is 0. The number of nitrogens with zero attached hydrogens (tertiary/aromatic N) is 5. The van der Waals surface area contributed by atoms with Crippen LogP contribution < -0.4 is 9.64 Å². The fourth-order valence-corrected chi connectivity index (χ4v) is 3.89. The summed E-state index contributed by atoms with van der Waals surface area (Å²) < 4.78 is 10.8. The standard InChI is InChI=1S/C30H47N5O3/c1-30(2,3)38-29(36)34(6)22-13-23-35(24-25-15-17-26(37-7)18-16-25)27-14-12-20-32-28(27)31-19-10-8-9-11-21-33(4)5/h12,14-20H,8-11,13,21-24H2,1-7H3/b31-19+. The molecule has 0 atom stereocenters. The van der Waals surface area contributed by atoms with Crippen LogP contribution in [0.2, 0.25) is 0 Å². The van der Waals surface area contributed by atoms with Crippen molar-refractivity contribution in [1.82, 2.24) is 14.8 Å². The summed E-state index contributed by atoms with van der Waals surface area (Å²) in [6.45, 7) is 8.76. The summed E-state index contributed by atoms with van der Waals surface area (Å²) >= 11 is 0. The summed E-state index contributed by atoms with van der Waals surface area (Å²) in [6, 6.07) is 12.1. The van der Waals surface area contributed by atoms with Gasteiger partial charge >= 0.3 is 6.09 Å². The third-order valence-corrected chi connectivity index (χ3v) is 5.92. The zero-order valence-corrected chi connectivity index (χ0v) is 24.4. The third-order valence-electron chi connectivity index (χ3n) is 5.92. The topological polar surface area (TPSA) is 70.5 Å².